The summed E-state index contributed by atoms with van der Waals surface area (Å²) in [6.45, 7) is 1.33. The molecular weight excluding hydrogens is 270 g/mol. The van der Waals surface area contributed by atoms with Crippen LogP contribution in [0.2, 0.25) is 0 Å². The molecule has 1 aromatic heterocycles. The number of para-hydroxylation sites is 1. The topological polar surface area (TPSA) is 77.3 Å². The van der Waals surface area contributed by atoms with Crippen molar-refractivity contribution in [2.45, 2.75) is 13.0 Å². The van der Waals surface area contributed by atoms with E-state index in [0.717, 1.165) is 11.1 Å². The zero-order chi connectivity index (χ0) is 15.1. The lowest BCUT2D eigenvalue weighted by atomic mass is 10.1. The first kappa shape index (κ1) is 14.9. The van der Waals surface area contributed by atoms with Crippen LogP contribution in [0.25, 0.3) is 0 Å². The van der Waals surface area contributed by atoms with Crippen molar-refractivity contribution < 1.29 is 9.66 Å². The molecule has 0 aliphatic carbocycles. The molecule has 0 radical (unpaired) electrons. The van der Waals surface area contributed by atoms with Gasteiger partial charge < -0.3 is 10.1 Å². The predicted molar refractivity (Wildman–Crippen MR) is 79.3 cm³/mol. The minimum Gasteiger partial charge on any atom is -0.481 e. The Kier molecular flexibility index (Phi) is 5.22. The molecule has 0 saturated heterocycles. The van der Waals surface area contributed by atoms with Crippen molar-refractivity contribution in [1.82, 2.24) is 10.3 Å². The third-order valence-electron chi connectivity index (χ3n) is 3.10. The maximum Gasteiger partial charge on any atom is 0.272 e. The van der Waals surface area contributed by atoms with Crippen molar-refractivity contribution in [2.75, 3.05) is 13.7 Å². The van der Waals surface area contributed by atoms with Gasteiger partial charge in [0, 0.05) is 30.4 Å². The van der Waals surface area contributed by atoms with Crippen molar-refractivity contribution in [1.29, 1.82) is 0 Å². The molecule has 1 heterocycles. The summed E-state index contributed by atoms with van der Waals surface area (Å²) < 4.78 is 5.06. The Bertz CT molecular complexity index is 617. The molecule has 2 rings (SSSR count). The van der Waals surface area contributed by atoms with Gasteiger partial charge in [0.1, 0.15) is 0 Å². The van der Waals surface area contributed by atoms with Crippen molar-refractivity contribution in [3.63, 3.8) is 0 Å². The molecule has 2 aromatic rings. The van der Waals surface area contributed by atoms with Crippen LogP contribution in [0.15, 0.2) is 42.6 Å². The fourth-order valence-electron chi connectivity index (χ4n) is 2.03. The molecule has 1 aromatic carbocycles. The lowest BCUT2D eigenvalue weighted by Crippen LogP contribution is -2.17. The summed E-state index contributed by atoms with van der Waals surface area (Å²) in [5.41, 5.74) is 1.97. The fraction of sp³-hybridized carbons (Fsp3) is 0.267. The van der Waals surface area contributed by atoms with E-state index in [9.17, 15) is 10.1 Å². The second-order valence-electron chi connectivity index (χ2n) is 4.52. The highest BCUT2D eigenvalue weighted by Crippen LogP contribution is 2.17. The zero-order valence-electron chi connectivity index (χ0n) is 11.8. The molecule has 0 spiro atoms. The summed E-state index contributed by atoms with van der Waals surface area (Å²) in [6.07, 6.45) is 2.30. The number of ether oxygens (including phenoxy) is 1. The Balaban J connectivity index is 1.86. The highest BCUT2D eigenvalue weighted by atomic mass is 16.6. The summed E-state index contributed by atoms with van der Waals surface area (Å²) in [5, 5.41) is 14.2. The van der Waals surface area contributed by atoms with Gasteiger partial charge in [-0.15, -0.1) is 0 Å². The fourth-order valence-corrected chi connectivity index (χ4v) is 2.03. The summed E-state index contributed by atoms with van der Waals surface area (Å²) in [7, 11) is 1.58. The van der Waals surface area contributed by atoms with Gasteiger partial charge in [0.15, 0.2) is 0 Å². The van der Waals surface area contributed by atoms with E-state index in [2.05, 4.69) is 10.3 Å². The number of rotatable bonds is 7. The highest BCUT2D eigenvalue weighted by molar-refractivity contribution is 5.39. The molecule has 0 fully saturated rings. The Labute approximate surface area is 122 Å². The first-order valence-corrected chi connectivity index (χ1v) is 6.62. The van der Waals surface area contributed by atoms with Crippen molar-refractivity contribution >= 4 is 5.69 Å². The average molecular weight is 287 g/mol. The number of pyridine rings is 1. The molecule has 0 bridgehead atoms. The number of nitrogens with one attached hydrogen (secondary N) is 1. The molecule has 0 amide bonds. The summed E-state index contributed by atoms with van der Waals surface area (Å²) in [4.78, 5) is 14.6. The monoisotopic (exact) mass is 287 g/mol. The summed E-state index contributed by atoms with van der Waals surface area (Å²) >= 11 is 0. The van der Waals surface area contributed by atoms with Crippen molar-refractivity contribution in [3.8, 4) is 5.88 Å². The van der Waals surface area contributed by atoms with E-state index in [0.29, 0.717) is 25.4 Å². The van der Waals surface area contributed by atoms with Crippen molar-refractivity contribution in [2.24, 2.45) is 0 Å². The maximum atomic E-state index is 10.9. The maximum absolute atomic E-state index is 10.9. The highest BCUT2D eigenvalue weighted by Gasteiger charge is 2.11. The van der Waals surface area contributed by atoms with Gasteiger partial charge in [-0.3, -0.25) is 10.1 Å². The standard InChI is InChI=1S/C15H17N3O3/c1-21-15-10-12(6-9-17-15)11-16-8-7-13-4-2-3-5-14(13)18(19)20/h2-6,9-10,16H,7-8,11H2,1H3. The Morgan fingerprint density at radius 1 is 1.33 bits per heavy atom. The molecule has 0 aliphatic heterocycles. The van der Waals surface area contributed by atoms with Gasteiger partial charge in [-0.25, -0.2) is 4.98 Å². The second kappa shape index (κ2) is 7.35. The quantitative estimate of drug-likeness (QED) is 0.480. The summed E-state index contributed by atoms with van der Waals surface area (Å²) in [6, 6.07) is 10.6. The molecule has 0 atom stereocenters. The average Bonchev–Trinajstić information content (AvgIpc) is 2.52. The molecule has 110 valence electrons. The molecule has 21 heavy (non-hydrogen) atoms. The van der Waals surface area contributed by atoms with E-state index in [1.165, 1.54) is 6.07 Å². The molecule has 0 aliphatic rings. The molecule has 6 heteroatoms. The van der Waals surface area contributed by atoms with E-state index < -0.39 is 0 Å². The van der Waals surface area contributed by atoms with Crippen LogP contribution in [0.5, 0.6) is 5.88 Å². The lowest BCUT2D eigenvalue weighted by molar-refractivity contribution is -0.385. The van der Waals surface area contributed by atoms with Gasteiger partial charge in [0.2, 0.25) is 5.88 Å². The van der Waals surface area contributed by atoms with Crippen molar-refractivity contribution in [3.05, 3.63) is 63.8 Å². The number of hydrogen-bond donors (Lipinski definition) is 1. The first-order valence-electron chi connectivity index (χ1n) is 6.62. The van der Waals surface area contributed by atoms with E-state index in [1.807, 2.05) is 18.2 Å². The van der Waals surface area contributed by atoms with Crippen LogP contribution in [0.1, 0.15) is 11.1 Å². The molecule has 1 N–H and O–H groups in total. The summed E-state index contributed by atoms with van der Waals surface area (Å²) in [5.74, 6) is 0.577. The number of methoxy groups -OCH3 is 1. The van der Waals surface area contributed by atoms with Crippen LogP contribution in [0.4, 0.5) is 5.69 Å². The van der Waals surface area contributed by atoms with Gasteiger partial charge in [0.25, 0.3) is 5.69 Å². The van der Waals surface area contributed by atoms with Crippen LogP contribution in [-0.4, -0.2) is 23.6 Å². The smallest absolute Gasteiger partial charge is 0.272 e. The normalized spacial score (nSPS) is 10.3. The molecular formula is C15H17N3O3. The molecule has 0 saturated carbocycles. The van der Waals surface area contributed by atoms with Gasteiger partial charge >= 0.3 is 0 Å². The van der Waals surface area contributed by atoms with Gasteiger partial charge in [0.05, 0.1) is 12.0 Å². The SMILES string of the molecule is COc1cc(CNCCc2ccccc2[N+](=O)[O-])ccn1. The largest absolute Gasteiger partial charge is 0.481 e. The Hall–Kier alpha value is -2.47. The van der Waals surface area contributed by atoms with E-state index in [1.54, 1.807) is 25.4 Å². The van der Waals surface area contributed by atoms with E-state index >= 15 is 0 Å². The Morgan fingerprint density at radius 3 is 2.90 bits per heavy atom. The van der Waals surface area contributed by atoms with Crippen LogP contribution < -0.4 is 10.1 Å². The zero-order valence-corrected chi connectivity index (χ0v) is 11.8. The minimum atomic E-state index is -0.344. The van der Waals surface area contributed by atoms with Gasteiger partial charge in [-0.2, -0.15) is 0 Å². The lowest BCUT2D eigenvalue weighted by Gasteiger charge is -2.06. The number of benzene rings is 1. The molecule has 0 unspecified atom stereocenters. The number of nitro benzene ring substituents is 1. The van der Waals surface area contributed by atoms with Gasteiger partial charge in [-0.05, 0) is 24.6 Å². The van der Waals surface area contributed by atoms with Gasteiger partial charge in [-0.1, -0.05) is 18.2 Å². The number of hydrogen-bond acceptors (Lipinski definition) is 5. The number of aromatic nitrogens is 1. The van der Waals surface area contributed by atoms with Crippen LogP contribution in [0, 0.1) is 10.1 Å². The third-order valence-corrected chi connectivity index (χ3v) is 3.10. The second-order valence-corrected chi connectivity index (χ2v) is 4.52. The number of nitro groups is 1. The first-order chi connectivity index (χ1) is 10.2. The Morgan fingerprint density at radius 2 is 2.14 bits per heavy atom. The van der Waals surface area contributed by atoms with Crippen LogP contribution >= 0.6 is 0 Å². The predicted octanol–water partition coefficient (Wildman–Crippen LogP) is 2.33. The van der Waals surface area contributed by atoms with Crippen LogP contribution in [-0.2, 0) is 13.0 Å². The minimum absolute atomic E-state index is 0.171. The molecule has 6 nitrogen and oxygen atoms in total. The van der Waals surface area contributed by atoms with Crippen LogP contribution in [0.3, 0.4) is 0 Å². The van der Waals surface area contributed by atoms with E-state index in [-0.39, 0.29) is 10.6 Å². The third kappa shape index (κ3) is 4.25. The van der Waals surface area contributed by atoms with E-state index in [4.69, 9.17) is 4.74 Å². The number of nitrogens with zero attached hydrogens (tertiary/aromatic N) is 2.